The number of nitrogens with zero attached hydrogens (tertiary/aromatic N) is 1. The third kappa shape index (κ3) is 1.34. The number of hydrogen-bond donors (Lipinski definition) is 0. The number of furan rings is 1. The van der Waals surface area contributed by atoms with E-state index in [9.17, 15) is 4.79 Å². The normalized spacial score (nSPS) is 15.7. The minimum atomic E-state index is 0.112. The highest BCUT2D eigenvalue weighted by Crippen LogP contribution is 2.18. The van der Waals surface area contributed by atoms with Crippen molar-refractivity contribution in [2.24, 2.45) is 0 Å². The largest absolute Gasteiger partial charge is 0.466 e. The third-order valence-electron chi connectivity index (χ3n) is 2.41. The molecule has 1 saturated heterocycles. The lowest BCUT2D eigenvalue weighted by Gasteiger charge is -2.30. The summed E-state index contributed by atoms with van der Waals surface area (Å²) in [6.07, 6.45) is 1.13. The van der Waals surface area contributed by atoms with Crippen molar-refractivity contribution in [3.63, 3.8) is 0 Å². The summed E-state index contributed by atoms with van der Waals surface area (Å²) in [7, 11) is 0. The van der Waals surface area contributed by atoms with Gasteiger partial charge in [-0.2, -0.15) is 0 Å². The standard InChI is InChI=1S/C10H13NO2/c1-7-6-9(8(2)13-7)10(12)11-4-3-5-11/h6H,3-5H2,1-2H3. The molecule has 1 aromatic heterocycles. The Morgan fingerprint density at radius 2 is 2.15 bits per heavy atom. The molecule has 0 bridgehead atoms. The van der Waals surface area contributed by atoms with Crippen molar-refractivity contribution in [3.05, 3.63) is 23.2 Å². The number of likely N-dealkylation sites (tertiary alicyclic amines) is 1. The molecule has 3 nitrogen and oxygen atoms in total. The first kappa shape index (κ1) is 8.35. The Kier molecular flexibility index (Phi) is 1.87. The zero-order valence-corrected chi connectivity index (χ0v) is 7.96. The molecule has 0 atom stereocenters. The Labute approximate surface area is 77.3 Å². The van der Waals surface area contributed by atoms with E-state index in [-0.39, 0.29) is 5.91 Å². The topological polar surface area (TPSA) is 33.5 Å². The quantitative estimate of drug-likeness (QED) is 0.658. The van der Waals surface area contributed by atoms with Gasteiger partial charge in [-0.05, 0) is 26.3 Å². The van der Waals surface area contributed by atoms with E-state index in [0.29, 0.717) is 0 Å². The summed E-state index contributed by atoms with van der Waals surface area (Å²) >= 11 is 0. The van der Waals surface area contributed by atoms with E-state index in [1.807, 2.05) is 24.8 Å². The van der Waals surface area contributed by atoms with E-state index in [4.69, 9.17) is 4.42 Å². The number of carbonyl (C=O) groups is 1. The van der Waals surface area contributed by atoms with Crippen molar-refractivity contribution in [1.29, 1.82) is 0 Å². The Morgan fingerprint density at radius 3 is 2.54 bits per heavy atom. The van der Waals surface area contributed by atoms with Gasteiger partial charge in [0.05, 0.1) is 5.56 Å². The van der Waals surface area contributed by atoms with Gasteiger partial charge in [0.2, 0.25) is 0 Å². The molecule has 1 amide bonds. The fraction of sp³-hybridized carbons (Fsp3) is 0.500. The molecule has 0 aliphatic carbocycles. The van der Waals surface area contributed by atoms with Crippen LogP contribution in [0.4, 0.5) is 0 Å². The van der Waals surface area contributed by atoms with Crippen LogP contribution in [0, 0.1) is 13.8 Å². The van der Waals surface area contributed by atoms with Crippen molar-refractivity contribution >= 4 is 5.91 Å². The minimum Gasteiger partial charge on any atom is -0.466 e. The van der Waals surface area contributed by atoms with Crippen LogP contribution < -0.4 is 0 Å². The van der Waals surface area contributed by atoms with Crippen LogP contribution in [-0.4, -0.2) is 23.9 Å². The molecule has 1 fully saturated rings. The van der Waals surface area contributed by atoms with E-state index in [1.54, 1.807) is 0 Å². The second kappa shape index (κ2) is 2.91. The van der Waals surface area contributed by atoms with Gasteiger partial charge in [-0.1, -0.05) is 0 Å². The van der Waals surface area contributed by atoms with E-state index >= 15 is 0 Å². The molecule has 2 heterocycles. The molecule has 0 N–H and O–H groups in total. The first-order chi connectivity index (χ1) is 6.18. The van der Waals surface area contributed by atoms with Gasteiger partial charge in [0.15, 0.2) is 0 Å². The molecule has 0 aromatic carbocycles. The van der Waals surface area contributed by atoms with Gasteiger partial charge in [-0.25, -0.2) is 0 Å². The van der Waals surface area contributed by atoms with Gasteiger partial charge in [0, 0.05) is 13.1 Å². The summed E-state index contributed by atoms with van der Waals surface area (Å²) in [4.78, 5) is 13.6. The molecular formula is C10H13NO2. The van der Waals surface area contributed by atoms with Crippen LogP contribution in [0.2, 0.25) is 0 Å². The van der Waals surface area contributed by atoms with E-state index in [1.165, 1.54) is 0 Å². The smallest absolute Gasteiger partial charge is 0.257 e. The molecule has 70 valence electrons. The predicted octanol–water partition coefficient (Wildman–Crippen LogP) is 1.74. The van der Waals surface area contributed by atoms with Crippen molar-refractivity contribution in [1.82, 2.24) is 4.90 Å². The van der Waals surface area contributed by atoms with Crippen LogP contribution in [0.5, 0.6) is 0 Å². The molecule has 0 spiro atoms. The Balaban J connectivity index is 2.23. The lowest BCUT2D eigenvalue weighted by atomic mass is 10.1. The summed E-state index contributed by atoms with van der Waals surface area (Å²) in [5.41, 5.74) is 0.720. The van der Waals surface area contributed by atoms with Crippen LogP contribution >= 0.6 is 0 Å². The van der Waals surface area contributed by atoms with E-state index in [0.717, 1.165) is 36.6 Å². The number of amides is 1. The second-order valence-electron chi connectivity index (χ2n) is 3.47. The minimum absolute atomic E-state index is 0.112. The van der Waals surface area contributed by atoms with Gasteiger partial charge < -0.3 is 9.32 Å². The van der Waals surface area contributed by atoms with E-state index < -0.39 is 0 Å². The maximum atomic E-state index is 11.7. The molecule has 13 heavy (non-hydrogen) atoms. The average Bonchev–Trinajstić information content (AvgIpc) is 2.26. The highest BCUT2D eigenvalue weighted by Gasteiger charge is 2.24. The predicted molar refractivity (Wildman–Crippen MR) is 48.7 cm³/mol. The highest BCUT2D eigenvalue weighted by molar-refractivity contribution is 5.95. The number of carbonyl (C=O) groups excluding carboxylic acids is 1. The SMILES string of the molecule is Cc1cc(C(=O)N2CCC2)c(C)o1. The summed E-state index contributed by atoms with van der Waals surface area (Å²) < 4.78 is 5.31. The Bertz CT molecular complexity index is 337. The number of aryl methyl sites for hydroxylation is 2. The monoisotopic (exact) mass is 179 g/mol. The van der Waals surface area contributed by atoms with Crippen LogP contribution in [0.3, 0.4) is 0 Å². The van der Waals surface area contributed by atoms with Crippen molar-refractivity contribution in [2.45, 2.75) is 20.3 Å². The Hall–Kier alpha value is -1.25. The fourth-order valence-electron chi connectivity index (χ4n) is 1.53. The fourth-order valence-corrected chi connectivity index (χ4v) is 1.53. The van der Waals surface area contributed by atoms with Gasteiger partial charge in [-0.3, -0.25) is 4.79 Å². The third-order valence-corrected chi connectivity index (χ3v) is 2.41. The van der Waals surface area contributed by atoms with Crippen molar-refractivity contribution < 1.29 is 9.21 Å². The zero-order chi connectivity index (χ0) is 9.42. The van der Waals surface area contributed by atoms with E-state index in [2.05, 4.69) is 0 Å². The summed E-state index contributed by atoms with van der Waals surface area (Å²) in [5, 5.41) is 0. The lowest BCUT2D eigenvalue weighted by molar-refractivity contribution is 0.0650. The molecule has 1 aromatic rings. The van der Waals surface area contributed by atoms with Gasteiger partial charge in [0.1, 0.15) is 11.5 Å². The average molecular weight is 179 g/mol. The van der Waals surface area contributed by atoms with Crippen LogP contribution in [0.15, 0.2) is 10.5 Å². The molecule has 0 radical (unpaired) electrons. The summed E-state index contributed by atoms with van der Waals surface area (Å²) in [6.45, 7) is 5.48. The maximum absolute atomic E-state index is 11.7. The molecular weight excluding hydrogens is 166 g/mol. The molecule has 1 aliphatic heterocycles. The van der Waals surface area contributed by atoms with Crippen LogP contribution in [0.25, 0.3) is 0 Å². The van der Waals surface area contributed by atoms with Crippen molar-refractivity contribution in [2.75, 3.05) is 13.1 Å². The van der Waals surface area contributed by atoms with Gasteiger partial charge in [-0.15, -0.1) is 0 Å². The number of rotatable bonds is 1. The van der Waals surface area contributed by atoms with Crippen LogP contribution in [0.1, 0.15) is 28.3 Å². The summed E-state index contributed by atoms with van der Waals surface area (Å²) in [6, 6.07) is 1.82. The lowest BCUT2D eigenvalue weighted by Crippen LogP contribution is -2.42. The summed E-state index contributed by atoms with van der Waals surface area (Å²) in [5.74, 6) is 1.65. The molecule has 3 heteroatoms. The first-order valence-corrected chi connectivity index (χ1v) is 4.55. The maximum Gasteiger partial charge on any atom is 0.257 e. The van der Waals surface area contributed by atoms with Crippen molar-refractivity contribution in [3.8, 4) is 0 Å². The highest BCUT2D eigenvalue weighted by atomic mass is 16.3. The Morgan fingerprint density at radius 1 is 1.46 bits per heavy atom. The molecule has 1 aliphatic rings. The number of hydrogen-bond acceptors (Lipinski definition) is 2. The molecule has 0 unspecified atom stereocenters. The first-order valence-electron chi connectivity index (χ1n) is 4.55. The van der Waals surface area contributed by atoms with Gasteiger partial charge >= 0.3 is 0 Å². The molecule has 2 rings (SSSR count). The van der Waals surface area contributed by atoms with Gasteiger partial charge in [0.25, 0.3) is 5.91 Å². The van der Waals surface area contributed by atoms with Crippen LogP contribution in [-0.2, 0) is 0 Å². The second-order valence-corrected chi connectivity index (χ2v) is 3.47. The zero-order valence-electron chi connectivity index (χ0n) is 7.96. The molecule has 0 saturated carbocycles.